The third kappa shape index (κ3) is 5.51. The molecular weight excluding hydrogens is 316 g/mol. The van der Waals surface area contributed by atoms with Gasteiger partial charge < -0.3 is 9.64 Å². The number of nitrogens with zero attached hydrogens (tertiary/aromatic N) is 6. The smallest absolute Gasteiger partial charge is 0.148 e. The molecule has 0 bridgehead atoms. The van der Waals surface area contributed by atoms with Gasteiger partial charge in [0.1, 0.15) is 11.4 Å². The van der Waals surface area contributed by atoms with Crippen LogP contribution in [0.15, 0.2) is 57.8 Å². The highest BCUT2D eigenvalue weighted by atomic mass is 16.5. The van der Waals surface area contributed by atoms with Gasteiger partial charge in [0.2, 0.25) is 0 Å². The Balaban J connectivity index is 2.10. The molecule has 0 saturated carbocycles. The van der Waals surface area contributed by atoms with Crippen molar-refractivity contribution in [3.8, 4) is 5.75 Å². The van der Waals surface area contributed by atoms with Gasteiger partial charge in [0.15, 0.2) is 0 Å². The van der Waals surface area contributed by atoms with Crippen LogP contribution >= 0.6 is 0 Å². The Morgan fingerprint density at radius 3 is 2.56 bits per heavy atom. The highest BCUT2D eigenvalue weighted by Crippen LogP contribution is 2.33. The highest BCUT2D eigenvalue weighted by Gasteiger charge is 2.07. The summed E-state index contributed by atoms with van der Waals surface area (Å²) in [5.41, 5.74) is 12.0. The second-order valence-corrected chi connectivity index (χ2v) is 5.62. The Bertz CT molecular complexity index is 766. The van der Waals surface area contributed by atoms with Gasteiger partial charge in [0.25, 0.3) is 0 Å². The van der Waals surface area contributed by atoms with Crippen molar-refractivity contribution < 1.29 is 4.74 Å². The Morgan fingerprint density at radius 1 is 1.12 bits per heavy atom. The molecule has 130 valence electrons. The van der Waals surface area contributed by atoms with E-state index in [2.05, 4.69) is 25.2 Å². The molecule has 0 aromatic heterocycles. The Hall–Kier alpha value is -3.05. The molecule has 25 heavy (non-hydrogen) atoms. The normalized spacial score (nSPS) is 10.5. The van der Waals surface area contributed by atoms with Gasteiger partial charge in [-0.15, -0.1) is 5.11 Å². The van der Waals surface area contributed by atoms with Crippen LogP contribution in [-0.4, -0.2) is 27.2 Å². The SMILES string of the molecule is COc1cc(N(C)CCCN=[N+]=[N-])ccc1N=Nc1ccc(C)cc1. The van der Waals surface area contributed by atoms with Gasteiger partial charge in [-0.05, 0) is 43.1 Å². The summed E-state index contributed by atoms with van der Waals surface area (Å²) >= 11 is 0. The van der Waals surface area contributed by atoms with E-state index in [0.717, 1.165) is 24.3 Å². The Kier molecular flexibility index (Phi) is 6.80. The van der Waals surface area contributed by atoms with Crippen LogP contribution in [0.2, 0.25) is 0 Å². The van der Waals surface area contributed by atoms with Gasteiger partial charge in [-0.3, -0.25) is 0 Å². The van der Waals surface area contributed by atoms with Crippen molar-refractivity contribution in [1.82, 2.24) is 0 Å². The minimum absolute atomic E-state index is 0.487. The average molecular weight is 338 g/mol. The van der Waals surface area contributed by atoms with Crippen molar-refractivity contribution in [2.24, 2.45) is 15.3 Å². The first-order valence-corrected chi connectivity index (χ1v) is 8.02. The van der Waals surface area contributed by atoms with Gasteiger partial charge in [-0.25, -0.2) is 0 Å². The number of hydrogen-bond donors (Lipinski definition) is 0. The zero-order valence-electron chi connectivity index (χ0n) is 14.8. The molecule has 0 fully saturated rings. The van der Waals surface area contributed by atoms with Gasteiger partial charge >= 0.3 is 0 Å². The fourth-order valence-electron chi connectivity index (χ4n) is 2.26. The van der Waals surface area contributed by atoms with Crippen LogP contribution in [0.5, 0.6) is 5.75 Å². The van der Waals surface area contributed by atoms with Crippen molar-refractivity contribution in [2.75, 3.05) is 32.1 Å². The molecule has 2 aromatic carbocycles. The number of methoxy groups -OCH3 is 1. The van der Waals surface area contributed by atoms with E-state index in [1.165, 1.54) is 5.56 Å². The van der Waals surface area contributed by atoms with Gasteiger partial charge in [0.05, 0.1) is 12.8 Å². The van der Waals surface area contributed by atoms with Crippen LogP contribution < -0.4 is 9.64 Å². The van der Waals surface area contributed by atoms with Crippen LogP contribution in [0.3, 0.4) is 0 Å². The summed E-state index contributed by atoms with van der Waals surface area (Å²) in [5.74, 6) is 0.662. The van der Waals surface area contributed by atoms with E-state index < -0.39 is 0 Å². The number of rotatable bonds is 8. The van der Waals surface area contributed by atoms with E-state index in [9.17, 15) is 0 Å². The molecule has 0 unspecified atom stereocenters. The monoisotopic (exact) mass is 338 g/mol. The van der Waals surface area contributed by atoms with Crippen molar-refractivity contribution in [1.29, 1.82) is 0 Å². The van der Waals surface area contributed by atoms with Crippen molar-refractivity contribution in [2.45, 2.75) is 13.3 Å². The maximum absolute atomic E-state index is 8.30. The number of azide groups is 1. The lowest BCUT2D eigenvalue weighted by Gasteiger charge is -2.19. The summed E-state index contributed by atoms with van der Waals surface area (Å²) in [4.78, 5) is 4.84. The fraction of sp³-hybridized carbons (Fsp3) is 0.333. The predicted molar refractivity (Wildman–Crippen MR) is 100 cm³/mol. The molecule has 0 saturated heterocycles. The fourth-order valence-corrected chi connectivity index (χ4v) is 2.26. The number of aryl methyl sites for hydroxylation is 1. The first kappa shape index (κ1) is 18.3. The molecule has 7 nitrogen and oxygen atoms in total. The summed E-state index contributed by atoms with van der Waals surface area (Å²) in [7, 11) is 3.60. The molecule has 2 aromatic rings. The summed E-state index contributed by atoms with van der Waals surface area (Å²) in [6.45, 7) is 3.30. The maximum Gasteiger partial charge on any atom is 0.148 e. The highest BCUT2D eigenvalue weighted by molar-refractivity contribution is 5.61. The molecule has 0 atom stereocenters. The number of ether oxygens (including phenoxy) is 1. The quantitative estimate of drug-likeness (QED) is 0.273. The number of azo groups is 1. The molecule has 0 amide bonds. The molecule has 0 aliphatic rings. The average Bonchev–Trinajstić information content (AvgIpc) is 2.64. The van der Waals surface area contributed by atoms with E-state index in [1.54, 1.807) is 7.11 Å². The third-order valence-electron chi connectivity index (χ3n) is 3.73. The first-order chi connectivity index (χ1) is 12.1. The Labute approximate surface area is 147 Å². The topological polar surface area (TPSA) is 86.0 Å². The zero-order chi connectivity index (χ0) is 18.1. The summed E-state index contributed by atoms with van der Waals surface area (Å²) in [6, 6.07) is 13.6. The van der Waals surface area contributed by atoms with Crippen molar-refractivity contribution in [3.05, 3.63) is 58.5 Å². The maximum atomic E-state index is 8.30. The standard InChI is InChI=1S/C18H22N6O/c1-14-5-7-15(8-6-14)21-22-17-10-9-16(13-18(17)25-3)24(2)12-4-11-20-23-19/h5-10,13H,4,11-12H2,1-3H3. The van der Waals surface area contributed by atoms with E-state index in [4.69, 9.17) is 10.3 Å². The second kappa shape index (κ2) is 9.30. The molecule has 0 aliphatic heterocycles. The molecule has 2 rings (SSSR count). The van der Waals surface area contributed by atoms with Crippen molar-refractivity contribution in [3.63, 3.8) is 0 Å². The van der Waals surface area contributed by atoms with Gasteiger partial charge in [-0.2, -0.15) is 5.11 Å². The molecule has 0 radical (unpaired) electrons. The lowest BCUT2D eigenvalue weighted by molar-refractivity contribution is 0.416. The van der Waals surface area contributed by atoms with Gasteiger partial charge in [-0.1, -0.05) is 22.8 Å². The second-order valence-electron chi connectivity index (χ2n) is 5.62. The zero-order valence-corrected chi connectivity index (χ0v) is 14.8. The first-order valence-electron chi connectivity index (χ1n) is 8.02. The largest absolute Gasteiger partial charge is 0.494 e. The molecule has 0 spiro atoms. The minimum Gasteiger partial charge on any atom is -0.494 e. The van der Waals surface area contributed by atoms with Crippen LogP contribution in [-0.2, 0) is 0 Å². The van der Waals surface area contributed by atoms with E-state index in [1.807, 2.05) is 56.4 Å². The number of anilines is 1. The van der Waals surface area contributed by atoms with Crippen molar-refractivity contribution >= 4 is 17.1 Å². The lowest BCUT2D eigenvalue weighted by atomic mass is 10.2. The molecule has 7 heteroatoms. The Morgan fingerprint density at radius 2 is 1.88 bits per heavy atom. The predicted octanol–water partition coefficient (Wildman–Crippen LogP) is 5.56. The summed E-state index contributed by atoms with van der Waals surface area (Å²) in [5, 5.41) is 12.1. The summed E-state index contributed by atoms with van der Waals surface area (Å²) < 4.78 is 5.44. The van der Waals surface area contributed by atoms with E-state index >= 15 is 0 Å². The molecule has 0 N–H and O–H groups in total. The molecule has 0 heterocycles. The van der Waals surface area contributed by atoms with E-state index in [-0.39, 0.29) is 0 Å². The lowest BCUT2D eigenvalue weighted by Crippen LogP contribution is -2.19. The summed E-state index contributed by atoms with van der Waals surface area (Å²) in [6.07, 6.45) is 0.789. The van der Waals surface area contributed by atoms with Crippen LogP contribution in [0.25, 0.3) is 10.4 Å². The van der Waals surface area contributed by atoms with E-state index in [0.29, 0.717) is 18.0 Å². The van der Waals surface area contributed by atoms with Crippen LogP contribution in [0, 0.1) is 6.92 Å². The van der Waals surface area contributed by atoms with Gasteiger partial charge in [0, 0.05) is 36.8 Å². The number of benzene rings is 2. The van der Waals surface area contributed by atoms with Crippen LogP contribution in [0.4, 0.5) is 17.1 Å². The number of hydrogen-bond acceptors (Lipinski definition) is 5. The van der Waals surface area contributed by atoms with Crippen LogP contribution in [0.1, 0.15) is 12.0 Å². The molecule has 0 aliphatic carbocycles. The minimum atomic E-state index is 0.487. The molecular formula is C18H22N6O. The third-order valence-corrected chi connectivity index (χ3v) is 3.73.